The fourth-order valence-corrected chi connectivity index (χ4v) is 2.51. The normalized spacial score (nSPS) is 11.8. The van der Waals surface area contributed by atoms with Crippen LogP contribution in [0.15, 0.2) is 67.0 Å². The fraction of sp³-hybridized carbons (Fsp3) is 0.158. The van der Waals surface area contributed by atoms with Gasteiger partial charge >= 0.3 is 0 Å². The number of benzene rings is 2. The molecule has 0 fully saturated rings. The Morgan fingerprint density at radius 1 is 1.20 bits per heavy atom. The highest BCUT2D eigenvalue weighted by atomic mass is 19.1. The summed E-state index contributed by atoms with van der Waals surface area (Å²) in [4.78, 5) is 16.6. The van der Waals surface area contributed by atoms with E-state index >= 15 is 0 Å². The van der Waals surface area contributed by atoms with Gasteiger partial charge in [0.2, 0.25) is 0 Å². The lowest BCUT2D eigenvalue weighted by molar-refractivity contribution is -0.123. The lowest BCUT2D eigenvalue weighted by atomic mass is 10.1. The molecule has 1 unspecified atom stereocenters. The first-order chi connectivity index (χ1) is 12.1. The van der Waals surface area contributed by atoms with Crippen LogP contribution in [0.5, 0.6) is 5.75 Å². The van der Waals surface area contributed by atoms with Gasteiger partial charge < -0.3 is 14.6 Å². The zero-order chi connectivity index (χ0) is 17.6. The Bertz CT molecular complexity index is 849. The molecule has 0 aliphatic heterocycles. The van der Waals surface area contributed by atoms with E-state index in [4.69, 9.17) is 4.74 Å². The summed E-state index contributed by atoms with van der Waals surface area (Å²) in [6.07, 6.45) is 3.49. The van der Waals surface area contributed by atoms with E-state index in [0.29, 0.717) is 5.82 Å². The van der Waals surface area contributed by atoms with E-state index in [2.05, 4.69) is 10.3 Å². The minimum Gasteiger partial charge on any atom is -0.481 e. The molecule has 0 aliphatic carbocycles. The van der Waals surface area contributed by atoms with Crippen molar-refractivity contribution in [1.82, 2.24) is 14.9 Å². The molecule has 1 N–H and O–H groups in total. The Labute approximate surface area is 145 Å². The number of aryl methyl sites for hydroxylation is 1. The number of nitrogens with zero attached hydrogens (tertiary/aromatic N) is 2. The van der Waals surface area contributed by atoms with E-state index in [1.165, 1.54) is 12.1 Å². The van der Waals surface area contributed by atoms with Crippen molar-refractivity contribution in [2.24, 2.45) is 7.05 Å². The molecule has 5 nitrogen and oxygen atoms in total. The maximum Gasteiger partial charge on any atom is 0.258 e. The number of para-hydroxylation sites is 1. The fourth-order valence-electron chi connectivity index (χ4n) is 2.51. The van der Waals surface area contributed by atoms with Gasteiger partial charge in [0, 0.05) is 19.4 Å². The third-order valence-electron chi connectivity index (χ3n) is 3.75. The summed E-state index contributed by atoms with van der Waals surface area (Å²) in [5.41, 5.74) is 0.899. The average molecular weight is 339 g/mol. The number of nitrogens with one attached hydrogen (secondary N) is 1. The van der Waals surface area contributed by atoms with Crippen molar-refractivity contribution in [3.63, 3.8) is 0 Å². The van der Waals surface area contributed by atoms with E-state index < -0.39 is 11.9 Å². The number of ether oxygens (including phenoxy) is 1. The van der Waals surface area contributed by atoms with Crippen LogP contribution in [0.3, 0.4) is 0 Å². The van der Waals surface area contributed by atoms with Crippen LogP contribution in [0, 0.1) is 5.82 Å². The topological polar surface area (TPSA) is 56.2 Å². The molecule has 0 spiro atoms. The van der Waals surface area contributed by atoms with Crippen molar-refractivity contribution >= 4 is 5.91 Å². The zero-order valence-corrected chi connectivity index (χ0v) is 13.7. The van der Waals surface area contributed by atoms with E-state index in [-0.39, 0.29) is 18.3 Å². The van der Waals surface area contributed by atoms with Crippen LogP contribution in [0.1, 0.15) is 17.4 Å². The Morgan fingerprint density at radius 3 is 2.60 bits per heavy atom. The highest BCUT2D eigenvalue weighted by Gasteiger charge is 2.20. The second-order valence-electron chi connectivity index (χ2n) is 5.53. The van der Waals surface area contributed by atoms with Crippen LogP contribution in [-0.2, 0) is 11.8 Å². The van der Waals surface area contributed by atoms with Crippen molar-refractivity contribution in [1.29, 1.82) is 0 Å². The number of hydrogen-bond acceptors (Lipinski definition) is 3. The standard InChI is InChI=1S/C19H18FN3O2/c1-23-12-11-21-19(23)18(14-7-3-2-4-8-14)22-17(24)13-25-16-10-6-5-9-15(16)20/h2-12,18H,13H2,1H3,(H,22,24). The zero-order valence-electron chi connectivity index (χ0n) is 13.7. The summed E-state index contributed by atoms with van der Waals surface area (Å²) in [6.45, 7) is -0.283. The first-order valence-corrected chi connectivity index (χ1v) is 7.84. The SMILES string of the molecule is Cn1ccnc1C(NC(=O)COc1ccccc1F)c1ccccc1. The van der Waals surface area contributed by atoms with Crippen LogP contribution < -0.4 is 10.1 Å². The van der Waals surface area contributed by atoms with Gasteiger partial charge in [-0.1, -0.05) is 42.5 Å². The predicted molar refractivity (Wildman–Crippen MR) is 91.5 cm³/mol. The number of rotatable bonds is 6. The van der Waals surface area contributed by atoms with E-state index in [1.807, 2.05) is 48.1 Å². The molecule has 0 saturated carbocycles. The monoisotopic (exact) mass is 339 g/mol. The first-order valence-electron chi connectivity index (χ1n) is 7.84. The maximum absolute atomic E-state index is 13.6. The molecule has 1 amide bonds. The molecule has 25 heavy (non-hydrogen) atoms. The van der Waals surface area contributed by atoms with Gasteiger partial charge in [0.25, 0.3) is 5.91 Å². The lowest BCUT2D eigenvalue weighted by Gasteiger charge is -2.19. The third-order valence-corrected chi connectivity index (χ3v) is 3.75. The molecule has 6 heteroatoms. The largest absolute Gasteiger partial charge is 0.481 e. The molecule has 0 aliphatic rings. The highest BCUT2D eigenvalue weighted by molar-refractivity contribution is 5.78. The summed E-state index contributed by atoms with van der Waals surface area (Å²) in [5, 5.41) is 2.90. The number of imidazole rings is 1. The summed E-state index contributed by atoms with van der Waals surface area (Å²) < 4.78 is 20.7. The van der Waals surface area contributed by atoms with Crippen LogP contribution in [0.25, 0.3) is 0 Å². The molecule has 1 heterocycles. The Morgan fingerprint density at radius 2 is 1.92 bits per heavy atom. The molecule has 0 saturated heterocycles. The van der Waals surface area contributed by atoms with Gasteiger partial charge in [-0.2, -0.15) is 0 Å². The molecular weight excluding hydrogens is 321 g/mol. The molecule has 1 aromatic heterocycles. The number of halogens is 1. The van der Waals surface area contributed by atoms with E-state index in [0.717, 1.165) is 5.56 Å². The van der Waals surface area contributed by atoms with Gasteiger partial charge in [-0.05, 0) is 17.7 Å². The Kier molecular flexibility index (Phi) is 5.09. The van der Waals surface area contributed by atoms with Gasteiger partial charge in [0.1, 0.15) is 11.9 Å². The number of carbonyl (C=O) groups excluding carboxylic acids is 1. The van der Waals surface area contributed by atoms with E-state index in [9.17, 15) is 9.18 Å². The summed E-state index contributed by atoms with van der Waals surface area (Å²) in [5.74, 6) is -0.115. The Hall–Kier alpha value is -3.15. The van der Waals surface area contributed by atoms with E-state index in [1.54, 1.807) is 18.3 Å². The molecule has 0 bridgehead atoms. The predicted octanol–water partition coefficient (Wildman–Crippen LogP) is 2.84. The number of aromatic nitrogens is 2. The molecule has 0 radical (unpaired) electrons. The van der Waals surface area contributed by atoms with Gasteiger partial charge in [0.05, 0.1) is 0 Å². The van der Waals surface area contributed by atoms with Crippen LogP contribution >= 0.6 is 0 Å². The third kappa shape index (κ3) is 4.03. The first kappa shape index (κ1) is 16.7. The summed E-state index contributed by atoms with van der Waals surface area (Å²) in [6, 6.07) is 15.1. The van der Waals surface area contributed by atoms with Gasteiger partial charge in [-0.3, -0.25) is 4.79 Å². The van der Waals surface area contributed by atoms with Gasteiger partial charge in [-0.25, -0.2) is 9.37 Å². The molecule has 3 rings (SSSR count). The van der Waals surface area contributed by atoms with Gasteiger partial charge in [0.15, 0.2) is 18.2 Å². The highest BCUT2D eigenvalue weighted by Crippen LogP contribution is 2.20. The number of hydrogen-bond donors (Lipinski definition) is 1. The molecule has 3 aromatic rings. The minimum atomic E-state index is -0.501. The lowest BCUT2D eigenvalue weighted by Crippen LogP contribution is -2.34. The average Bonchev–Trinajstić information content (AvgIpc) is 3.05. The van der Waals surface area contributed by atoms with Crippen LogP contribution in [-0.4, -0.2) is 22.1 Å². The molecule has 128 valence electrons. The maximum atomic E-state index is 13.6. The van der Waals surface area contributed by atoms with Crippen LogP contribution in [0.2, 0.25) is 0 Å². The van der Waals surface area contributed by atoms with Crippen molar-refractivity contribution in [3.05, 3.63) is 84.2 Å². The Balaban J connectivity index is 1.73. The molecular formula is C19H18FN3O2. The van der Waals surface area contributed by atoms with Crippen molar-refractivity contribution in [3.8, 4) is 5.75 Å². The minimum absolute atomic E-state index is 0.0471. The summed E-state index contributed by atoms with van der Waals surface area (Å²) >= 11 is 0. The number of amides is 1. The van der Waals surface area contributed by atoms with Crippen molar-refractivity contribution < 1.29 is 13.9 Å². The molecule has 1 atom stereocenters. The second-order valence-corrected chi connectivity index (χ2v) is 5.53. The second kappa shape index (κ2) is 7.61. The van der Waals surface area contributed by atoms with Gasteiger partial charge in [-0.15, -0.1) is 0 Å². The van der Waals surface area contributed by atoms with Crippen molar-refractivity contribution in [2.45, 2.75) is 6.04 Å². The number of carbonyl (C=O) groups is 1. The molecule has 2 aromatic carbocycles. The van der Waals surface area contributed by atoms with Crippen LogP contribution in [0.4, 0.5) is 4.39 Å². The summed E-state index contributed by atoms with van der Waals surface area (Å²) in [7, 11) is 1.86. The quantitative estimate of drug-likeness (QED) is 0.751. The smallest absolute Gasteiger partial charge is 0.258 e. The van der Waals surface area contributed by atoms with Crippen molar-refractivity contribution in [2.75, 3.05) is 6.61 Å².